The van der Waals surface area contributed by atoms with Gasteiger partial charge in [-0.05, 0) is 24.5 Å². The Bertz CT molecular complexity index is 1020. The van der Waals surface area contributed by atoms with Crippen LogP contribution >= 0.6 is 11.3 Å². The quantitative estimate of drug-likeness (QED) is 0.314. The number of thiazole rings is 1. The number of allylic oxidation sites excluding steroid dienone is 1. The summed E-state index contributed by atoms with van der Waals surface area (Å²) in [6.07, 6.45) is 1.52. The molecule has 2 aromatic rings. The molecule has 12 heteroatoms. The lowest BCUT2D eigenvalue weighted by Crippen LogP contribution is -2.53. The summed E-state index contributed by atoms with van der Waals surface area (Å²) in [5.74, 6) is -3.58. The maximum atomic E-state index is 12.9. The van der Waals surface area contributed by atoms with Crippen LogP contribution in [0.2, 0.25) is 0 Å². The molecule has 1 aromatic heterocycles. The zero-order chi connectivity index (χ0) is 21.8. The number of carbonyl (C=O) groups excluding carboxylic acids is 1. The normalized spacial score (nSPS) is 15.8. The number of amides is 1. The molecule has 0 saturated carbocycles. The van der Waals surface area contributed by atoms with Crippen LogP contribution < -0.4 is 15.7 Å². The molecule has 0 bridgehead atoms. The zero-order valence-corrected chi connectivity index (χ0v) is 16.4. The number of carboxylic acids is 2. The lowest BCUT2D eigenvalue weighted by atomic mass is 9.72. The van der Waals surface area contributed by atoms with Crippen molar-refractivity contribution < 1.29 is 34.3 Å². The molecule has 1 aromatic carbocycles. The second-order valence-electron chi connectivity index (χ2n) is 6.51. The van der Waals surface area contributed by atoms with Crippen molar-refractivity contribution in [1.82, 2.24) is 10.3 Å². The highest BCUT2D eigenvalue weighted by Crippen LogP contribution is 2.30. The summed E-state index contributed by atoms with van der Waals surface area (Å²) in [6.45, 7) is 0. The van der Waals surface area contributed by atoms with E-state index in [0.29, 0.717) is 11.3 Å². The number of para-hydroxylation sites is 1. The largest absolute Gasteiger partial charge is 0.547 e. The van der Waals surface area contributed by atoms with Crippen molar-refractivity contribution in [2.75, 3.05) is 5.73 Å². The van der Waals surface area contributed by atoms with E-state index in [2.05, 4.69) is 10.3 Å². The minimum atomic E-state index is -1.47. The first kappa shape index (κ1) is 21.3. The number of aromatic carboxylic acids is 1. The number of nitrogens with zero attached hydrogens (tertiary/aromatic N) is 1. The van der Waals surface area contributed by atoms with Gasteiger partial charge in [0.05, 0.1) is 22.8 Å². The van der Waals surface area contributed by atoms with Crippen LogP contribution in [0, 0.1) is 0 Å². The maximum Gasteiger partial charge on any atom is 0.547 e. The van der Waals surface area contributed by atoms with Crippen molar-refractivity contribution >= 4 is 47.0 Å². The summed E-state index contributed by atoms with van der Waals surface area (Å²) in [6, 6.07) is 4.57. The van der Waals surface area contributed by atoms with E-state index in [0.717, 1.165) is 11.3 Å². The molecule has 0 spiro atoms. The number of hydrogen-bond acceptors (Lipinski definition) is 8. The fourth-order valence-electron chi connectivity index (χ4n) is 3.03. The summed E-state index contributed by atoms with van der Waals surface area (Å²) < 4.78 is 5.37. The van der Waals surface area contributed by atoms with Gasteiger partial charge in [0.1, 0.15) is 5.75 Å². The van der Waals surface area contributed by atoms with Gasteiger partial charge in [-0.1, -0.05) is 18.2 Å². The summed E-state index contributed by atoms with van der Waals surface area (Å²) in [5.41, 5.74) is 6.50. The van der Waals surface area contributed by atoms with E-state index >= 15 is 0 Å². The number of nitrogen functional groups attached to an aromatic ring is 1. The number of nitrogens with two attached hydrogens (primary N) is 1. The van der Waals surface area contributed by atoms with Crippen molar-refractivity contribution in [3.8, 4) is 5.75 Å². The van der Waals surface area contributed by atoms with Crippen LogP contribution in [0.1, 0.15) is 34.5 Å². The Morgan fingerprint density at radius 3 is 2.77 bits per heavy atom. The van der Waals surface area contributed by atoms with Gasteiger partial charge in [0.15, 0.2) is 5.13 Å². The highest BCUT2D eigenvalue weighted by atomic mass is 32.1. The first-order chi connectivity index (χ1) is 14.3. The standard InChI is InChI=1S/C18H18BN3O7S/c20-18-21-12(8-30-18)10(4-2-6-14(23)24)16(25)22-13-7-9-3-1-5-11(17(26)27)15(9)29-19(13)28/h1,3-5,8,13,28H,2,6-7H2,(H2,20,21)(H,22,25)(H,23,24)(H,26,27)/t13-/m0/s1. The Kier molecular flexibility index (Phi) is 6.38. The predicted molar refractivity (Wildman–Crippen MR) is 109 cm³/mol. The monoisotopic (exact) mass is 431 g/mol. The van der Waals surface area contributed by atoms with E-state index in [1.807, 2.05) is 0 Å². The Hall–Kier alpha value is -3.38. The second kappa shape index (κ2) is 8.97. The average molecular weight is 431 g/mol. The molecular weight excluding hydrogens is 413 g/mol. The number of carboxylic acid groups (broad SMARTS) is 2. The van der Waals surface area contributed by atoms with Gasteiger partial charge in [0.2, 0.25) is 0 Å². The second-order valence-corrected chi connectivity index (χ2v) is 7.40. The lowest BCUT2D eigenvalue weighted by molar-refractivity contribution is -0.136. The molecule has 30 heavy (non-hydrogen) atoms. The smallest absolute Gasteiger partial charge is 0.534 e. The molecular formula is C18H18BN3O7S. The Labute approximate surface area is 175 Å². The van der Waals surface area contributed by atoms with Crippen LogP contribution in [-0.4, -0.2) is 51.1 Å². The molecule has 1 aliphatic rings. The predicted octanol–water partition coefficient (Wildman–Crippen LogP) is 0.811. The third kappa shape index (κ3) is 4.78. The zero-order valence-electron chi connectivity index (χ0n) is 15.6. The van der Waals surface area contributed by atoms with Gasteiger partial charge in [-0.25, -0.2) is 9.78 Å². The van der Waals surface area contributed by atoms with E-state index in [1.165, 1.54) is 12.1 Å². The van der Waals surface area contributed by atoms with E-state index in [4.69, 9.17) is 15.5 Å². The number of hydrogen-bond donors (Lipinski definition) is 5. The number of nitrogens with one attached hydrogen (secondary N) is 1. The molecule has 0 aliphatic carbocycles. The molecule has 1 atom stereocenters. The highest BCUT2D eigenvalue weighted by Gasteiger charge is 2.38. The lowest BCUT2D eigenvalue weighted by Gasteiger charge is -2.29. The molecule has 0 saturated heterocycles. The number of aliphatic carboxylic acids is 1. The number of carbonyl (C=O) groups is 3. The van der Waals surface area contributed by atoms with Crippen LogP contribution in [0.15, 0.2) is 29.7 Å². The SMILES string of the molecule is Nc1nc(C(=CCCC(=O)O)C(=O)N[C@H]2Cc3cccc(C(=O)O)c3OB2O)cs1. The molecule has 1 amide bonds. The number of aromatic nitrogens is 1. The minimum Gasteiger partial charge on any atom is -0.534 e. The van der Waals surface area contributed by atoms with Gasteiger partial charge in [0, 0.05) is 11.8 Å². The summed E-state index contributed by atoms with van der Waals surface area (Å²) in [7, 11) is -1.47. The third-order valence-corrected chi connectivity index (χ3v) is 5.09. The van der Waals surface area contributed by atoms with Crippen LogP contribution in [-0.2, 0) is 16.0 Å². The molecule has 6 N–H and O–H groups in total. The van der Waals surface area contributed by atoms with Crippen molar-refractivity contribution in [3.05, 3.63) is 46.5 Å². The molecule has 2 heterocycles. The summed E-state index contributed by atoms with van der Waals surface area (Å²) >= 11 is 1.13. The molecule has 0 fully saturated rings. The topological polar surface area (TPSA) is 172 Å². The molecule has 3 rings (SSSR count). The number of benzene rings is 1. The molecule has 156 valence electrons. The van der Waals surface area contributed by atoms with Gasteiger partial charge in [-0.2, -0.15) is 0 Å². The van der Waals surface area contributed by atoms with Gasteiger partial charge in [0.25, 0.3) is 5.91 Å². The summed E-state index contributed by atoms with van der Waals surface area (Å²) in [5, 5.41) is 32.9. The first-order valence-corrected chi connectivity index (χ1v) is 9.78. The number of fused-ring (bicyclic) bond motifs is 1. The minimum absolute atomic E-state index is 0.0625. The number of rotatable bonds is 7. The van der Waals surface area contributed by atoms with E-state index in [9.17, 15) is 24.5 Å². The third-order valence-electron chi connectivity index (χ3n) is 4.42. The Morgan fingerprint density at radius 2 is 2.13 bits per heavy atom. The van der Waals surface area contributed by atoms with Crippen molar-refractivity contribution in [3.63, 3.8) is 0 Å². The van der Waals surface area contributed by atoms with Crippen molar-refractivity contribution in [1.29, 1.82) is 0 Å². The molecule has 10 nitrogen and oxygen atoms in total. The highest BCUT2D eigenvalue weighted by molar-refractivity contribution is 7.13. The van der Waals surface area contributed by atoms with E-state index in [-0.39, 0.29) is 41.3 Å². The number of anilines is 1. The van der Waals surface area contributed by atoms with Crippen LogP contribution in [0.3, 0.4) is 0 Å². The molecule has 0 unspecified atom stereocenters. The van der Waals surface area contributed by atoms with Gasteiger partial charge in [-0.3, -0.25) is 9.59 Å². The first-order valence-electron chi connectivity index (χ1n) is 8.90. The Balaban J connectivity index is 1.81. The van der Waals surface area contributed by atoms with Gasteiger partial charge >= 0.3 is 19.1 Å². The fourth-order valence-corrected chi connectivity index (χ4v) is 3.59. The van der Waals surface area contributed by atoms with E-state index in [1.54, 1.807) is 17.5 Å². The Morgan fingerprint density at radius 1 is 1.37 bits per heavy atom. The maximum absolute atomic E-state index is 12.9. The van der Waals surface area contributed by atoms with Gasteiger partial charge in [-0.15, -0.1) is 11.3 Å². The molecule has 0 radical (unpaired) electrons. The van der Waals surface area contributed by atoms with Crippen LogP contribution in [0.25, 0.3) is 5.57 Å². The molecule has 1 aliphatic heterocycles. The van der Waals surface area contributed by atoms with Crippen molar-refractivity contribution in [2.24, 2.45) is 0 Å². The average Bonchev–Trinajstić information content (AvgIpc) is 3.10. The van der Waals surface area contributed by atoms with E-state index < -0.39 is 30.9 Å². The van der Waals surface area contributed by atoms with Gasteiger partial charge < -0.3 is 30.9 Å². The fraction of sp³-hybridized carbons (Fsp3) is 0.222. The van der Waals surface area contributed by atoms with Crippen molar-refractivity contribution in [2.45, 2.75) is 25.2 Å². The summed E-state index contributed by atoms with van der Waals surface area (Å²) in [4.78, 5) is 39.1. The van der Waals surface area contributed by atoms with Crippen LogP contribution in [0.4, 0.5) is 5.13 Å². The van der Waals surface area contributed by atoms with Crippen LogP contribution in [0.5, 0.6) is 5.75 Å².